The van der Waals surface area contributed by atoms with E-state index in [2.05, 4.69) is 4.93 Å². The van der Waals surface area contributed by atoms with E-state index in [1.165, 1.54) is 0 Å². The first-order valence-corrected chi connectivity index (χ1v) is 19.0. The third kappa shape index (κ3) is 1.62. The first kappa shape index (κ1) is 5.33. The van der Waals surface area contributed by atoms with Crippen molar-refractivity contribution < 1.29 is 34.5 Å². The van der Waals surface area contributed by atoms with Gasteiger partial charge in [0.25, 0.3) is 0 Å². The van der Waals surface area contributed by atoms with Gasteiger partial charge in [-0.2, -0.15) is 0 Å². The average molecular weight is 410 g/mol. The Bertz CT molecular complexity index is 31.9. The van der Waals surface area contributed by atoms with E-state index in [-0.39, 0.29) is 11.9 Å². The second kappa shape index (κ2) is 2.49. The van der Waals surface area contributed by atoms with Crippen LogP contribution in [0.5, 0.6) is 0 Å². The summed E-state index contributed by atoms with van der Waals surface area (Å²) in [5.74, 6) is 0. The van der Waals surface area contributed by atoms with Crippen LogP contribution in [0.15, 0.2) is 0 Å². The second-order valence-corrected chi connectivity index (χ2v) is 42.8. The van der Waals surface area contributed by atoms with Crippen LogP contribution in [0, 0.1) is 0 Å². The Morgan fingerprint density at radius 2 is 2.00 bits per heavy atom. The van der Waals surface area contributed by atoms with Crippen molar-refractivity contribution in [3.8, 4) is 0 Å². The fourth-order valence-electron chi connectivity index (χ4n) is 0.115. The summed E-state index contributed by atoms with van der Waals surface area (Å²) >= 11 is 1.99. The molecule has 0 radical (unpaired) electrons. The van der Waals surface area contributed by atoms with E-state index < -0.39 is 0 Å². The van der Waals surface area contributed by atoms with Crippen molar-refractivity contribution in [3.05, 3.63) is 0 Å². The molecule has 0 bridgehead atoms. The minimum absolute atomic E-state index is 0.119. The van der Waals surface area contributed by atoms with E-state index in [1.807, 2.05) is 0 Å². The summed E-state index contributed by atoms with van der Waals surface area (Å²) in [6, 6.07) is 0. The van der Waals surface area contributed by atoms with Gasteiger partial charge in [0.05, 0.1) is 0 Å². The Morgan fingerprint density at radius 3 is 2.00 bits per heavy atom. The van der Waals surface area contributed by atoms with Crippen molar-refractivity contribution in [2.45, 2.75) is 0 Å². The maximum atomic E-state index is 2.56. The summed E-state index contributed by atoms with van der Waals surface area (Å²) < 4.78 is 1.78. The average Bonchev–Trinajstić information content (AvgIpc) is 1.30. The second-order valence-electron chi connectivity index (χ2n) is 0.643. The first-order chi connectivity index (χ1) is 2.39. The molecule has 0 aromatic heterocycles. The molecular formula is C2H5I3-2. The molecule has 0 spiro atoms. The van der Waals surface area contributed by atoms with E-state index in [0.29, 0.717) is 0 Å². The Hall–Kier alpha value is 2.19. The first-order valence-electron chi connectivity index (χ1n) is 1.20. The van der Waals surface area contributed by atoms with Crippen LogP contribution in [0.4, 0.5) is 0 Å². The molecule has 0 N–H and O–H groups in total. The van der Waals surface area contributed by atoms with Gasteiger partial charge in [0.1, 0.15) is 0 Å². The third-order valence-electron chi connectivity index (χ3n) is 0.355. The Kier molecular flexibility index (Phi) is 2.65. The molecule has 1 fully saturated rings. The predicted molar refractivity (Wildman–Crippen MR) is 24.8 cm³/mol. The fourth-order valence-corrected chi connectivity index (χ4v) is 34.6. The van der Waals surface area contributed by atoms with Gasteiger partial charge in [-0.3, -0.25) is 0 Å². The molecule has 0 aliphatic carbocycles. The monoisotopic (exact) mass is 410 g/mol. The van der Waals surface area contributed by atoms with Gasteiger partial charge in [-0.05, 0) is 0 Å². The standard InChI is InChI=1S/C2H5I3/c1-5-3-2-4-5/h2H2,1H3/q-2. The van der Waals surface area contributed by atoms with Gasteiger partial charge < -0.3 is 0 Å². The summed E-state index contributed by atoms with van der Waals surface area (Å²) in [5, 5.41) is 0. The molecule has 0 saturated carbocycles. The van der Waals surface area contributed by atoms with E-state index in [0.717, 1.165) is 34.5 Å². The summed E-state index contributed by atoms with van der Waals surface area (Å²) in [6.07, 6.45) is 0. The van der Waals surface area contributed by atoms with Gasteiger partial charge >= 0.3 is 53.7 Å². The van der Waals surface area contributed by atoms with Crippen LogP contribution in [0.25, 0.3) is 0 Å². The van der Waals surface area contributed by atoms with E-state index in [4.69, 9.17) is 0 Å². The molecule has 0 amide bonds. The number of hydrogen-bond donors (Lipinski definition) is 0. The van der Waals surface area contributed by atoms with Gasteiger partial charge in [-0.15, -0.1) is 0 Å². The van der Waals surface area contributed by atoms with E-state index in [9.17, 15) is 0 Å². The van der Waals surface area contributed by atoms with Gasteiger partial charge in [0.15, 0.2) is 0 Å². The van der Waals surface area contributed by atoms with Crippen LogP contribution in [0.1, 0.15) is 0 Å². The summed E-state index contributed by atoms with van der Waals surface area (Å²) in [5.41, 5.74) is 0. The van der Waals surface area contributed by atoms with Crippen molar-refractivity contribution in [1.82, 2.24) is 0 Å². The molecule has 1 aliphatic heterocycles. The topological polar surface area (TPSA) is 0 Å². The normalized spacial score (nSPS) is 32.6. The van der Waals surface area contributed by atoms with Gasteiger partial charge in [-0.25, -0.2) is 0 Å². The molecule has 0 unspecified atom stereocenters. The van der Waals surface area contributed by atoms with Crippen molar-refractivity contribution in [3.63, 3.8) is 0 Å². The maximum absolute atomic E-state index is 2.56. The zero-order valence-corrected chi connectivity index (χ0v) is 9.31. The van der Waals surface area contributed by atoms with Gasteiger partial charge in [0, 0.05) is 0 Å². The molecule has 1 heterocycles. The van der Waals surface area contributed by atoms with Crippen LogP contribution in [-0.2, 0) is 0 Å². The molecule has 0 nitrogen and oxygen atoms in total. The molecule has 5 heavy (non-hydrogen) atoms. The van der Waals surface area contributed by atoms with E-state index in [1.54, 1.807) is 2.43 Å². The summed E-state index contributed by atoms with van der Waals surface area (Å²) in [6.45, 7) is 0. The third-order valence-corrected chi connectivity index (χ3v) is 55.2. The van der Waals surface area contributed by atoms with Crippen LogP contribution in [0.2, 0.25) is 0 Å². The Labute approximate surface area is 52.5 Å². The molecule has 3 heteroatoms. The minimum atomic E-state index is 0.119. The zero-order valence-electron chi connectivity index (χ0n) is 2.84. The van der Waals surface area contributed by atoms with Crippen LogP contribution >= 0.6 is 11.9 Å². The molecule has 36 valence electrons. The quantitative estimate of drug-likeness (QED) is 0.278. The molecule has 1 saturated heterocycles. The van der Waals surface area contributed by atoms with Crippen LogP contribution < -0.4 is 34.5 Å². The Morgan fingerprint density at radius 1 is 1.60 bits per heavy atom. The molecule has 0 atom stereocenters. The molecule has 1 aliphatic rings. The van der Waals surface area contributed by atoms with Crippen molar-refractivity contribution in [2.24, 2.45) is 0 Å². The van der Waals surface area contributed by atoms with Crippen LogP contribution in [0.3, 0.4) is 0 Å². The van der Waals surface area contributed by atoms with E-state index >= 15 is 0 Å². The molecule has 1 rings (SSSR count). The Balaban J connectivity index is 2.08. The van der Waals surface area contributed by atoms with Crippen LogP contribution in [-0.4, -0.2) is 7.36 Å². The fraction of sp³-hybridized carbons (Fsp3) is 1.00. The summed E-state index contributed by atoms with van der Waals surface area (Å²) in [4.78, 5) is 2.56. The van der Waals surface area contributed by atoms with Gasteiger partial charge in [-0.1, -0.05) is 0 Å². The van der Waals surface area contributed by atoms with Crippen molar-refractivity contribution >= 4 is 11.9 Å². The SMILES string of the molecule is CI1[I-]C[I-]1. The number of alkyl halides is 3. The molecule has 0 aromatic rings. The van der Waals surface area contributed by atoms with Crippen molar-refractivity contribution in [1.29, 1.82) is 0 Å². The molecule has 0 aromatic carbocycles. The number of rotatable bonds is 0. The zero-order chi connectivity index (χ0) is 3.70. The number of halogens is 3. The predicted octanol–water partition coefficient (Wildman–Crippen LogP) is -4.90. The summed E-state index contributed by atoms with van der Waals surface area (Å²) in [7, 11) is 0. The molecular weight excluding hydrogens is 405 g/mol. The van der Waals surface area contributed by atoms with Gasteiger partial charge in [0.2, 0.25) is 0 Å². The number of hydrogen-bond acceptors (Lipinski definition) is 0. The van der Waals surface area contributed by atoms with Crippen molar-refractivity contribution in [2.75, 3.05) is 7.36 Å².